The number of amides is 2. The number of benzene rings is 3. The molecule has 1 unspecified atom stereocenters. The summed E-state index contributed by atoms with van der Waals surface area (Å²) in [6.45, 7) is 0.561. The van der Waals surface area contributed by atoms with E-state index in [1.54, 1.807) is 12.1 Å². The highest BCUT2D eigenvalue weighted by Crippen LogP contribution is 2.44. The summed E-state index contributed by atoms with van der Waals surface area (Å²) < 4.78 is 6.16. The van der Waals surface area contributed by atoms with Gasteiger partial charge < -0.3 is 14.7 Å². The topological polar surface area (TPSA) is 95.9 Å². The summed E-state index contributed by atoms with van der Waals surface area (Å²) in [4.78, 5) is 37.9. The lowest BCUT2D eigenvalue weighted by molar-refractivity contribution is -0.146. The third kappa shape index (κ3) is 4.05. The zero-order valence-corrected chi connectivity index (χ0v) is 19.6. The molecular weight excluding hydrogens is 500 g/mol. The largest absolute Gasteiger partial charge is 0.480 e. The maximum Gasteiger partial charge on any atom is 0.411 e. The monoisotopic (exact) mass is 520 g/mol. The van der Waals surface area contributed by atoms with Crippen LogP contribution in [0.4, 0.5) is 10.5 Å². The summed E-state index contributed by atoms with van der Waals surface area (Å²) in [5.41, 5.74) is 5.20. The average molecular weight is 521 g/mol. The molecule has 1 aliphatic heterocycles. The van der Waals surface area contributed by atoms with E-state index >= 15 is 0 Å². The number of hydrogen-bond donors (Lipinski definition) is 2. The number of carbonyl (C=O) groups excluding carboxylic acids is 2. The molecule has 3 aromatic rings. The molecule has 1 aliphatic carbocycles. The molecule has 1 saturated heterocycles. The molecule has 5 rings (SSSR count). The second-order valence-corrected chi connectivity index (χ2v) is 9.24. The van der Waals surface area contributed by atoms with Crippen molar-refractivity contribution in [3.8, 4) is 11.1 Å². The molecule has 0 bridgehead atoms. The van der Waals surface area contributed by atoms with Gasteiger partial charge in [0.25, 0.3) is 5.91 Å². The molecule has 1 heterocycles. The molecule has 2 amide bonds. The van der Waals surface area contributed by atoms with Gasteiger partial charge in [-0.3, -0.25) is 10.1 Å². The molecule has 172 valence electrons. The van der Waals surface area contributed by atoms with Crippen molar-refractivity contribution in [3.63, 3.8) is 0 Å². The minimum atomic E-state index is -1.02. The van der Waals surface area contributed by atoms with Crippen LogP contribution < -0.4 is 5.32 Å². The van der Waals surface area contributed by atoms with E-state index in [1.165, 1.54) is 11.0 Å². The van der Waals surface area contributed by atoms with Crippen molar-refractivity contribution in [2.45, 2.75) is 18.4 Å². The molecule has 0 saturated carbocycles. The van der Waals surface area contributed by atoms with Gasteiger partial charge in [-0.05, 0) is 46.9 Å². The van der Waals surface area contributed by atoms with E-state index < -0.39 is 24.0 Å². The first-order valence-electron chi connectivity index (χ1n) is 10.9. The number of hydrogen-bond acceptors (Lipinski definition) is 4. The van der Waals surface area contributed by atoms with Crippen LogP contribution in [0.25, 0.3) is 11.1 Å². The minimum Gasteiger partial charge on any atom is -0.480 e. The van der Waals surface area contributed by atoms with Crippen LogP contribution in [0.5, 0.6) is 0 Å². The van der Waals surface area contributed by atoms with Gasteiger partial charge in [-0.25, -0.2) is 9.59 Å². The summed E-state index contributed by atoms with van der Waals surface area (Å²) in [6.07, 6.45) is -0.203. The fourth-order valence-corrected chi connectivity index (χ4v) is 5.08. The molecule has 7 nitrogen and oxygen atoms in total. The molecule has 0 spiro atoms. The number of aliphatic carboxylic acids is 1. The Morgan fingerprint density at radius 3 is 2.24 bits per heavy atom. The van der Waals surface area contributed by atoms with Crippen LogP contribution in [-0.2, 0) is 9.53 Å². The van der Waals surface area contributed by atoms with Crippen LogP contribution in [-0.4, -0.2) is 47.2 Å². The summed E-state index contributed by atoms with van der Waals surface area (Å²) in [5.74, 6) is -1.47. The maximum atomic E-state index is 12.8. The van der Waals surface area contributed by atoms with Gasteiger partial charge in [0.1, 0.15) is 12.6 Å². The van der Waals surface area contributed by atoms with Crippen LogP contribution in [0.3, 0.4) is 0 Å². The quantitative estimate of drug-likeness (QED) is 0.487. The van der Waals surface area contributed by atoms with Crippen LogP contribution in [0.2, 0.25) is 0 Å². The lowest BCUT2D eigenvalue weighted by Gasteiger charge is -2.38. The Morgan fingerprint density at radius 1 is 1.00 bits per heavy atom. The fourth-order valence-electron chi connectivity index (χ4n) is 4.59. The Hall–Kier alpha value is -3.65. The van der Waals surface area contributed by atoms with Crippen molar-refractivity contribution in [3.05, 3.63) is 87.9 Å². The first-order chi connectivity index (χ1) is 16.4. The minimum absolute atomic E-state index is 0.0582. The van der Waals surface area contributed by atoms with Crippen molar-refractivity contribution < 1.29 is 24.2 Å². The third-order valence-corrected chi connectivity index (χ3v) is 6.76. The molecule has 3 aromatic carbocycles. The Morgan fingerprint density at radius 2 is 1.65 bits per heavy atom. The first kappa shape index (κ1) is 22.2. The van der Waals surface area contributed by atoms with E-state index in [-0.39, 0.29) is 18.1 Å². The second-order valence-electron chi connectivity index (χ2n) is 8.32. The maximum absolute atomic E-state index is 12.8. The van der Waals surface area contributed by atoms with Crippen LogP contribution >= 0.6 is 15.9 Å². The number of rotatable bonds is 5. The standard InChI is InChI=1S/C26H21BrN2O5/c27-16-11-15(24(30)29-10-9-23(29)25(31)32)12-17(13-16)28-26(33)34-14-22-20-7-3-1-5-18(20)19-6-2-4-8-21(19)22/h1-8,11-13,22-23H,9-10,14H2,(H,28,33)(H,31,32). The molecule has 0 radical (unpaired) electrons. The SMILES string of the molecule is O=C(Nc1cc(Br)cc(C(=O)N2CCC2C(=O)O)c1)OCC1c2ccccc2-c2ccccc21. The van der Waals surface area contributed by atoms with Crippen molar-refractivity contribution in [1.29, 1.82) is 0 Å². The molecule has 0 aromatic heterocycles. The summed E-state index contributed by atoms with van der Waals surface area (Å²) in [6, 6.07) is 20.1. The Balaban J connectivity index is 1.28. The van der Waals surface area contributed by atoms with Crippen LogP contribution in [0, 0.1) is 0 Å². The van der Waals surface area contributed by atoms with Gasteiger partial charge in [-0.2, -0.15) is 0 Å². The number of ether oxygens (including phenoxy) is 1. The number of nitrogens with one attached hydrogen (secondary N) is 1. The molecule has 2 N–H and O–H groups in total. The summed E-state index contributed by atoms with van der Waals surface area (Å²) >= 11 is 3.35. The highest BCUT2D eigenvalue weighted by Gasteiger charge is 2.38. The van der Waals surface area contributed by atoms with E-state index in [1.807, 2.05) is 36.4 Å². The van der Waals surface area contributed by atoms with Gasteiger partial charge in [0, 0.05) is 28.2 Å². The van der Waals surface area contributed by atoms with Gasteiger partial charge in [-0.15, -0.1) is 0 Å². The molecule has 8 heteroatoms. The molecule has 34 heavy (non-hydrogen) atoms. The van der Waals surface area contributed by atoms with Crippen molar-refractivity contribution in [2.75, 3.05) is 18.5 Å². The normalized spacial score (nSPS) is 16.3. The van der Waals surface area contributed by atoms with Crippen molar-refractivity contribution in [2.24, 2.45) is 0 Å². The number of anilines is 1. The van der Waals surface area contributed by atoms with Crippen molar-refractivity contribution in [1.82, 2.24) is 4.90 Å². The van der Waals surface area contributed by atoms with Gasteiger partial charge in [-0.1, -0.05) is 64.5 Å². The van der Waals surface area contributed by atoms with Gasteiger partial charge in [0.05, 0.1) is 0 Å². The van der Waals surface area contributed by atoms with Gasteiger partial charge >= 0.3 is 12.1 Å². The number of carboxylic acid groups (broad SMARTS) is 1. The zero-order chi connectivity index (χ0) is 23.8. The van der Waals surface area contributed by atoms with Crippen LogP contribution in [0.1, 0.15) is 33.8 Å². The van der Waals surface area contributed by atoms with Crippen molar-refractivity contribution >= 4 is 39.6 Å². The van der Waals surface area contributed by atoms with E-state index in [4.69, 9.17) is 4.74 Å². The third-order valence-electron chi connectivity index (χ3n) is 6.30. The summed E-state index contributed by atoms with van der Waals surface area (Å²) in [5, 5.41) is 11.9. The lowest BCUT2D eigenvalue weighted by atomic mass is 9.98. The van der Waals surface area contributed by atoms with Gasteiger partial charge in [0.15, 0.2) is 0 Å². The molecule has 1 atom stereocenters. The predicted octanol–water partition coefficient (Wildman–Crippen LogP) is 5.11. The number of carboxylic acids is 1. The number of halogens is 1. The Labute approximate surface area is 204 Å². The van der Waals surface area contributed by atoms with Crippen LogP contribution in [0.15, 0.2) is 71.2 Å². The Kier molecular flexibility index (Phi) is 5.83. The van der Waals surface area contributed by atoms with Gasteiger partial charge in [0.2, 0.25) is 0 Å². The fraction of sp³-hybridized carbons (Fsp3) is 0.192. The van der Waals surface area contributed by atoms with E-state index in [9.17, 15) is 19.5 Å². The molecule has 2 aliphatic rings. The smallest absolute Gasteiger partial charge is 0.411 e. The van der Waals surface area contributed by atoms with E-state index in [0.29, 0.717) is 23.1 Å². The number of fused-ring (bicyclic) bond motifs is 3. The average Bonchev–Trinajstić information content (AvgIpc) is 3.10. The first-order valence-corrected chi connectivity index (χ1v) is 11.7. The predicted molar refractivity (Wildman–Crippen MR) is 130 cm³/mol. The Bertz CT molecular complexity index is 1260. The molecular formula is C26H21BrN2O5. The molecule has 1 fully saturated rings. The highest BCUT2D eigenvalue weighted by atomic mass is 79.9. The zero-order valence-electron chi connectivity index (χ0n) is 18.0. The lowest BCUT2D eigenvalue weighted by Crippen LogP contribution is -2.55. The number of likely N-dealkylation sites (tertiary alicyclic amines) is 1. The second kappa shape index (κ2) is 8.95. The number of carbonyl (C=O) groups is 3. The van der Waals surface area contributed by atoms with E-state index in [2.05, 4.69) is 33.4 Å². The number of nitrogens with zero attached hydrogens (tertiary/aromatic N) is 1. The van der Waals surface area contributed by atoms with E-state index in [0.717, 1.165) is 22.3 Å². The highest BCUT2D eigenvalue weighted by molar-refractivity contribution is 9.10. The summed E-state index contributed by atoms with van der Waals surface area (Å²) in [7, 11) is 0.